The molecule has 0 saturated carbocycles. The van der Waals surface area contributed by atoms with Gasteiger partial charge in [0.1, 0.15) is 4.88 Å². The summed E-state index contributed by atoms with van der Waals surface area (Å²) < 4.78 is 20.7. The van der Waals surface area contributed by atoms with Crippen molar-refractivity contribution in [2.75, 3.05) is 0 Å². The lowest BCUT2D eigenvalue weighted by Crippen LogP contribution is -1.95. The van der Waals surface area contributed by atoms with Gasteiger partial charge in [-0.3, -0.25) is 0 Å². The smallest absolute Gasteiger partial charge is 0.347 e. The molecular weight excluding hydrogens is 188 g/mol. The summed E-state index contributed by atoms with van der Waals surface area (Å²) in [4.78, 5) is 10.1. The summed E-state index contributed by atoms with van der Waals surface area (Å²) >= 11 is 0.903. The van der Waals surface area contributed by atoms with Gasteiger partial charge >= 0.3 is 5.97 Å². The van der Waals surface area contributed by atoms with Crippen LogP contribution >= 0.6 is 11.3 Å². The second kappa shape index (κ2) is 3.02. The van der Waals surface area contributed by atoms with Gasteiger partial charge in [0.25, 0.3) is 0 Å². The summed E-state index contributed by atoms with van der Waals surface area (Å²) in [5, 5.41) is 9.88. The van der Waals surface area contributed by atoms with E-state index >= 15 is 0 Å². The van der Waals surface area contributed by atoms with Crippen LogP contribution in [0.5, 0.6) is 0 Å². The SMILES string of the molecule is O=C(O)c1sccc1[SH](=O)=O. The second-order valence-corrected chi connectivity index (χ2v) is 3.61. The largest absolute Gasteiger partial charge is 0.477 e. The Morgan fingerprint density at radius 3 is 2.55 bits per heavy atom. The Morgan fingerprint density at radius 1 is 1.55 bits per heavy atom. The maximum atomic E-state index is 10.4. The molecule has 11 heavy (non-hydrogen) atoms. The highest BCUT2D eigenvalue weighted by Crippen LogP contribution is 2.17. The van der Waals surface area contributed by atoms with E-state index in [0.29, 0.717) is 0 Å². The molecule has 0 bridgehead atoms. The molecule has 0 saturated heterocycles. The predicted molar refractivity (Wildman–Crippen MR) is 39.9 cm³/mol. The number of thiophene rings is 1. The molecule has 60 valence electrons. The Hall–Kier alpha value is -0.880. The van der Waals surface area contributed by atoms with Crippen molar-refractivity contribution in [3.05, 3.63) is 16.3 Å². The molecule has 0 aliphatic heterocycles. The summed E-state index contributed by atoms with van der Waals surface area (Å²) in [6.07, 6.45) is 0. The van der Waals surface area contributed by atoms with Crippen LogP contribution in [0, 0.1) is 0 Å². The molecule has 0 radical (unpaired) electrons. The molecule has 0 unspecified atom stereocenters. The van der Waals surface area contributed by atoms with Crippen LogP contribution in [-0.2, 0) is 10.7 Å². The van der Waals surface area contributed by atoms with Gasteiger partial charge in [-0.2, -0.15) is 0 Å². The molecule has 0 aliphatic carbocycles. The second-order valence-electron chi connectivity index (χ2n) is 1.70. The third-order valence-electron chi connectivity index (χ3n) is 1.04. The molecule has 0 aliphatic rings. The minimum atomic E-state index is -2.78. The van der Waals surface area contributed by atoms with Gasteiger partial charge < -0.3 is 5.11 Å². The fraction of sp³-hybridized carbons (Fsp3) is 0. The molecule has 6 heteroatoms. The fourth-order valence-electron chi connectivity index (χ4n) is 0.606. The molecular formula is C5H4O4S2. The van der Waals surface area contributed by atoms with E-state index in [4.69, 9.17) is 5.11 Å². The zero-order valence-electron chi connectivity index (χ0n) is 5.18. The number of carboxylic acid groups (broad SMARTS) is 1. The molecule has 1 aromatic rings. The van der Waals surface area contributed by atoms with Crippen molar-refractivity contribution in [2.24, 2.45) is 0 Å². The van der Waals surface area contributed by atoms with Crippen LogP contribution in [0.25, 0.3) is 0 Å². The summed E-state index contributed by atoms with van der Waals surface area (Å²) in [6, 6.07) is 1.28. The highest BCUT2D eigenvalue weighted by atomic mass is 32.2. The van der Waals surface area contributed by atoms with Crippen LogP contribution in [-0.4, -0.2) is 19.5 Å². The molecule has 0 amide bonds. The Morgan fingerprint density at radius 2 is 2.18 bits per heavy atom. The summed E-state index contributed by atoms with van der Waals surface area (Å²) in [5.41, 5.74) is 0. The van der Waals surface area contributed by atoms with Crippen LogP contribution in [0.3, 0.4) is 0 Å². The van der Waals surface area contributed by atoms with Gasteiger partial charge in [-0.05, 0) is 11.4 Å². The number of rotatable bonds is 2. The molecule has 1 heterocycles. The molecule has 0 atom stereocenters. The first-order valence-electron chi connectivity index (χ1n) is 2.58. The first kappa shape index (κ1) is 8.22. The van der Waals surface area contributed by atoms with Crippen molar-refractivity contribution in [1.82, 2.24) is 0 Å². The molecule has 0 fully saturated rings. The summed E-state index contributed by atoms with van der Waals surface area (Å²) in [7, 11) is -2.78. The lowest BCUT2D eigenvalue weighted by molar-refractivity contribution is 0.0698. The highest BCUT2D eigenvalue weighted by Gasteiger charge is 2.12. The van der Waals surface area contributed by atoms with Crippen LogP contribution in [0.4, 0.5) is 0 Å². The van der Waals surface area contributed by atoms with Crippen molar-refractivity contribution in [2.45, 2.75) is 4.90 Å². The Balaban J connectivity index is 3.27. The van der Waals surface area contributed by atoms with Gasteiger partial charge in [-0.1, -0.05) is 0 Å². The van der Waals surface area contributed by atoms with E-state index in [-0.39, 0.29) is 9.77 Å². The number of aromatic carboxylic acids is 1. The molecule has 1 aromatic heterocycles. The van der Waals surface area contributed by atoms with E-state index in [1.165, 1.54) is 11.4 Å². The first-order chi connectivity index (χ1) is 5.13. The van der Waals surface area contributed by atoms with Crippen LogP contribution < -0.4 is 0 Å². The Labute approximate surface area is 68.0 Å². The monoisotopic (exact) mass is 192 g/mol. The topological polar surface area (TPSA) is 71.4 Å². The van der Waals surface area contributed by atoms with E-state index in [1.807, 2.05) is 0 Å². The van der Waals surface area contributed by atoms with Crippen molar-refractivity contribution in [3.63, 3.8) is 0 Å². The minimum absolute atomic E-state index is 0.113. The maximum absolute atomic E-state index is 10.4. The van der Waals surface area contributed by atoms with Crippen molar-refractivity contribution in [3.8, 4) is 0 Å². The third kappa shape index (κ3) is 1.58. The number of carbonyl (C=O) groups is 1. The van der Waals surface area contributed by atoms with E-state index in [2.05, 4.69) is 0 Å². The molecule has 1 rings (SSSR count). The molecule has 0 spiro atoms. The van der Waals surface area contributed by atoms with Crippen molar-refractivity contribution >= 4 is 28.0 Å². The number of hydrogen-bond acceptors (Lipinski definition) is 4. The number of thiol groups is 1. The molecule has 1 N–H and O–H groups in total. The van der Waals surface area contributed by atoms with Crippen LogP contribution in [0.1, 0.15) is 9.67 Å². The standard InChI is InChI=1S/C5H4O4S2/c6-5(7)4-3(11(8)9)1-2-10-4/h1-2,11H,(H,6,7). The van der Waals surface area contributed by atoms with Gasteiger partial charge in [0.2, 0.25) is 0 Å². The van der Waals surface area contributed by atoms with Gasteiger partial charge in [0.15, 0.2) is 10.7 Å². The fourth-order valence-corrected chi connectivity index (χ4v) is 2.18. The van der Waals surface area contributed by atoms with Gasteiger partial charge in [-0.25, -0.2) is 13.2 Å². The van der Waals surface area contributed by atoms with E-state index < -0.39 is 16.7 Å². The third-order valence-corrected chi connectivity index (χ3v) is 2.86. The molecule has 0 aromatic carbocycles. The van der Waals surface area contributed by atoms with Crippen molar-refractivity contribution in [1.29, 1.82) is 0 Å². The Kier molecular flexibility index (Phi) is 2.25. The quantitative estimate of drug-likeness (QED) is 0.666. The zero-order chi connectivity index (χ0) is 8.43. The highest BCUT2D eigenvalue weighted by molar-refractivity contribution is 7.72. The van der Waals surface area contributed by atoms with Gasteiger partial charge in [0.05, 0.1) is 4.90 Å². The number of carboxylic acids is 1. The normalized spacial score (nSPS) is 10.3. The van der Waals surface area contributed by atoms with Gasteiger partial charge in [0, 0.05) is 0 Å². The van der Waals surface area contributed by atoms with Gasteiger partial charge in [-0.15, -0.1) is 11.3 Å². The first-order valence-corrected chi connectivity index (χ1v) is 4.64. The van der Waals surface area contributed by atoms with Crippen molar-refractivity contribution < 1.29 is 18.3 Å². The maximum Gasteiger partial charge on any atom is 0.347 e. The summed E-state index contributed by atoms with van der Waals surface area (Å²) in [5.74, 6) is -1.20. The zero-order valence-corrected chi connectivity index (χ0v) is 6.89. The number of hydrogen-bond donors (Lipinski definition) is 2. The van der Waals surface area contributed by atoms with E-state index in [0.717, 1.165) is 11.3 Å². The lowest BCUT2D eigenvalue weighted by atomic mass is 10.5. The van der Waals surface area contributed by atoms with E-state index in [1.54, 1.807) is 0 Å². The average molecular weight is 192 g/mol. The van der Waals surface area contributed by atoms with E-state index in [9.17, 15) is 13.2 Å². The van der Waals surface area contributed by atoms with Crippen LogP contribution in [0.2, 0.25) is 0 Å². The summed E-state index contributed by atoms with van der Waals surface area (Å²) in [6.45, 7) is 0. The molecule has 4 nitrogen and oxygen atoms in total. The average Bonchev–Trinajstić information content (AvgIpc) is 2.32. The van der Waals surface area contributed by atoms with Crippen LogP contribution in [0.15, 0.2) is 16.3 Å². The predicted octanol–water partition coefficient (Wildman–Crippen LogP) is 0.417. The minimum Gasteiger partial charge on any atom is -0.477 e. The lowest BCUT2D eigenvalue weighted by Gasteiger charge is -1.86. The Bertz CT molecular complexity index is 341.